The van der Waals surface area contributed by atoms with Gasteiger partial charge in [0.2, 0.25) is 0 Å². The van der Waals surface area contributed by atoms with E-state index in [4.69, 9.17) is 0 Å². The van der Waals surface area contributed by atoms with Crippen molar-refractivity contribution in [1.82, 2.24) is 0 Å². The Morgan fingerprint density at radius 2 is 0.525 bits per heavy atom. The Balaban J connectivity index is 8.84. The fraction of sp³-hybridized carbons (Fsp3) is 1.00. The van der Waals surface area contributed by atoms with Crippen LogP contribution in [0.4, 0.5) is 87.8 Å². The molecule has 0 amide bonds. The number of hydrogen-bond acceptors (Lipinski definition) is 3. The van der Waals surface area contributed by atoms with E-state index in [-0.39, 0.29) is 25.7 Å². The molecular weight excluding hydrogens is 1070 g/mol. The molecule has 0 radical (unpaired) electrons. The maximum absolute atomic E-state index is 16.5. The zero-order chi connectivity index (χ0) is 46.7. The Labute approximate surface area is 341 Å². The first-order valence-corrected chi connectivity index (χ1v) is 29.5. The monoisotopic (exact) mass is 1130 g/mol. The molecule has 0 fully saturated rings. The van der Waals surface area contributed by atoms with Crippen LogP contribution >= 0.6 is 0 Å². The molecule has 0 bridgehead atoms. The van der Waals surface area contributed by atoms with Crippen LogP contribution in [0, 0.1) is 0 Å². The van der Waals surface area contributed by atoms with E-state index in [1.165, 1.54) is 0 Å². The minimum atomic E-state index is -11.2. The van der Waals surface area contributed by atoms with Crippen LogP contribution in [0.3, 0.4) is 0 Å². The first-order chi connectivity index (χ1) is 26.6. The topological polar surface area (TPSA) is 27.7 Å². The summed E-state index contributed by atoms with van der Waals surface area (Å²) in [6.07, 6.45) is -17.4. The molecule has 0 aromatic carbocycles. The van der Waals surface area contributed by atoms with Gasteiger partial charge in [0.15, 0.2) is 0 Å². The van der Waals surface area contributed by atoms with Crippen molar-refractivity contribution in [3.05, 3.63) is 0 Å². The number of halogens is 20. The van der Waals surface area contributed by atoms with Crippen molar-refractivity contribution in [3.63, 3.8) is 0 Å². The molecule has 0 aromatic rings. The predicted octanol–water partition coefficient (Wildman–Crippen LogP) is 14.1. The van der Waals surface area contributed by atoms with Gasteiger partial charge in [-0.1, -0.05) is 0 Å². The second-order valence-corrected chi connectivity index (χ2v) is 34.9. The second-order valence-electron chi connectivity index (χ2n) is 14.5. The van der Waals surface area contributed by atoms with Gasteiger partial charge >= 0.3 is 343 Å². The summed E-state index contributed by atoms with van der Waals surface area (Å²) in [5, 5.41) is 0. The van der Waals surface area contributed by atoms with E-state index in [0.717, 1.165) is 0 Å². The summed E-state index contributed by atoms with van der Waals surface area (Å²) in [6, 6.07) is 0. The van der Waals surface area contributed by atoms with Gasteiger partial charge in [-0.05, 0) is 0 Å². The van der Waals surface area contributed by atoms with Crippen molar-refractivity contribution >= 4 is 38.4 Å². The molecule has 25 heteroatoms. The predicted molar refractivity (Wildman–Crippen MR) is 182 cm³/mol. The van der Waals surface area contributed by atoms with Gasteiger partial charge in [-0.2, -0.15) is 0 Å². The van der Waals surface area contributed by atoms with Gasteiger partial charge < -0.3 is 0 Å². The van der Waals surface area contributed by atoms with E-state index in [9.17, 15) is 17.6 Å². The van der Waals surface area contributed by atoms with E-state index >= 15 is 70.2 Å². The Hall–Kier alpha value is 0.0774. The van der Waals surface area contributed by atoms with Crippen LogP contribution in [0.5, 0.6) is 0 Å². The van der Waals surface area contributed by atoms with Gasteiger partial charge in [-0.15, -0.1) is 0 Å². The Morgan fingerprint density at radius 3 is 0.712 bits per heavy atom. The second kappa shape index (κ2) is 22.8. The maximum atomic E-state index is 16.5. The van der Waals surface area contributed by atoms with Crippen LogP contribution in [0.1, 0.15) is 131 Å². The molecule has 0 rings (SSSR count). The third-order valence-corrected chi connectivity index (χ3v) is 39.1. The van der Waals surface area contributed by atoms with E-state index in [2.05, 4.69) is 7.56 Å². The fourth-order valence-corrected chi connectivity index (χ4v) is 42.5. The van der Waals surface area contributed by atoms with E-state index in [1.54, 1.807) is 13.8 Å². The molecule has 0 saturated heterocycles. The van der Waals surface area contributed by atoms with Crippen molar-refractivity contribution in [2.45, 2.75) is 196 Å². The molecule has 0 heterocycles. The van der Waals surface area contributed by atoms with Gasteiger partial charge in [0.05, 0.1) is 0 Å². The SMILES string of the molecule is CCCCCCCCC[O][Sn]([O][Sn]([O]CCCCCCCCC)([C](F)(F)C(F)(F)C(C)F)[C](F)(F)C(F)(F)C(C)F)([C](F)(F)C(F)(F)C(C)F)[C](F)(F)C(F)(F)C(C)F. The molecule has 4 unspecified atom stereocenters. The van der Waals surface area contributed by atoms with Crippen LogP contribution in [0.25, 0.3) is 0 Å². The fourth-order valence-electron chi connectivity index (χ4n) is 5.70. The molecule has 0 N–H and O–H groups in total. The third-order valence-electron chi connectivity index (χ3n) is 9.72. The van der Waals surface area contributed by atoms with Crippen molar-refractivity contribution in [1.29, 1.82) is 0 Å². The summed E-state index contributed by atoms with van der Waals surface area (Å²) >= 11 is -22.4. The first kappa shape index (κ1) is 59.1. The average Bonchev–Trinajstić information content (AvgIpc) is 3.11. The normalized spacial score (nSPS) is 18.6. The average molecular weight is 1130 g/mol. The van der Waals surface area contributed by atoms with E-state index in [1.807, 2.05) is 0 Å². The number of unbranched alkanes of at least 4 members (excludes halogenated alkanes) is 12. The summed E-state index contributed by atoms with van der Waals surface area (Å²) < 4.78 is 293. The van der Waals surface area contributed by atoms with Gasteiger partial charge in [0.25, 0.3) is 0 Å². The quantitative estimate of drug-likeness (QED) is 0.0382. The van der Waals surface area contributed by atoms with Gasteiger partial charge in [0.1, 0.15) is 0 Å². The third kappa shape index (κ3) is 11.9. The summed E-state index contributed by atoms with van der Waals surface area (Å²) in [4.78, 5) is 0. The standard InChI is InChI=1S/2C9H19O.4C4H4F5.O.2Sn/c2*1-2-3-4-5-6-7-8-9-10;4*1-2(5)4(8,9)3(6)7;;;/h2*2-9H2,1H3;4*2H,1H3;;;/q2*-1;;;;;;2*+1. The Bertz CT molecular complexity index is 1070. The summed E-state index contributed by atoms with van der Waals surface area (Å²) in [7, 11) is 0. The van der Waals surface area contributed by atoms with Crippen LogP contribution < -0.4 is 0 Å². The molecule has 3 nitrogen and oxygen atoms in total. The van der Waals surface area contributed by atoms with Crippen molar-refractivity contribution in [2.24, 2.45) is 0 Å². The summed E-state index contributed by atoms with van der Waals surface area (Å²) in [5.74, 6) is -28.0. The number of alkyl halides is 20. The van der Waals surface area contributed by atoms with Crippen molar-refractivity contribution < 1.29 is 95.4 Å². The molecule has 0 aliphatic carbocycles. The molecule has 0 spiro atoms. The van der Waals surface area contributed by atoms with Crippen LogP contribution in [-0.2, 0) is 7.56 Å². The molecular formula is C34H54F20O3Sn2. The molecule has 356 valence electrons. The summed E-state index contributed by atoms with van der Waals surface area (Å²) in [5.41, 5.74) is 0. The Kier molecular flexibility index (Phi) is 22.8. The van der Waals surface area contributed by atoms with Crippen LogP contribution in [0.2, 0.25) is 0 Å². The minimum absolute atomic E-state index is 0.0169. The van der Waals surface area contributed by atoms with E-state index < -0.39 is 169 Å². The number of hydrogen-bond donors (Lipinski definition) is 0. The van der Waals surface area contributed by atoms with E-state index in [0.29, 0.717) is 38.5 Å². The van der Waals surface area contributed by atoms with Crippen LogP contribution in [-0.4, -0.2) is 116 Å². The molecule has 59 heavy (non-hydrogen) atoms. The molecule has 0 saturated carbocycles. The number of rotatable bonds is 32. The molecule has 0 aromatic heterocycles. The van der Waals surface area contributed by atoms with Gasteiger partial charge in [-0.3, -0.25) is 0 Å². The zero-order valence-corrected chi connectivity index (χ0v) is 39.1. The van der Waals surface area contributed by atoms with Gasteiger partial charge in [0, 0.05) is 0 Å². The molecule has 4 atom stereocenters. The van der Waals surface area contributed by atoms with Gasteiger partial charge in [-0.25, -0.2) is 0 Å². The Morgan fingerprint density at radius 1 is 0.339 bits per heavy atom. The van der Waals surface area contributed by atoms with Crippen molar-refractivity contribution in [2.75, 3.05) is 13.2 Å². The first-order valence-electron chi connectivity index (χ1n) is 19.2. The molecule has 0 aliphatic rings. The summed E-state index contributed by atoms with van der Waals surface area (Å²) in [6.45, 7) is -2.99. The van der Waals surface area contributed by atoms with Crippen LogP contribution in [0.15, 0.2) is 0 Å². The van der Waals surface area contributed by atoms with Crippen molar-refractivity contribution in [3.8, 4) is 0 Å². The zero-order valence-electron chi connectivity index (χ0n) is 33.4. The molecule has 0 aliphatic heterocycles.